The molecule has 6 atom stereocenters. The monoisotopic (exact) mass is 380 g/mol. The van der Waals surface area contributed by atoms with Crippen LogP contribution in [-0.4, -0.2) is 71.7 Å². The summed E-state index contributed by atoms with van der Waals surface area (Å²) in [5, 5.41) is 24.4. The number of hydrogen-bond acceptors (Lipinski definition) is 7. The Morgan fingerprint density at radius 2 is 1.78 bits per heavy atom. The topological polar surface area (TPSA) is 125 Å². The number of carbonyl (C=O) groups excluding carboxylic acids is 1. The molecule has 4 rings (SSSR count). The number of benzene rings is 1. The lowest BCUT2D eigenvalue weighted by Gasteiger charge is -2.45. The third-order valence-corrected chi connectivity index (χ3v) is 5.99. The molecular formula is C18H24N2O7. The molecule has 0 aliphatic carbocycles. The summed E-state index contributed by atoms with van der Waals surface area (Å²) in [6, 6.07) is 10.2. The maximum atomic E-state index is 12.5. The van der Waals surface area contributed by atoms with Gasteiger partial charge in [-0.2, -0.15) is 0 Å². The van der Waals surface area contributed by atoms with Crippen molar-refractivity contribution < 1.29 is 28.9 Å². The third kappa shape index (κ3) is 3.90. The summed E-state index contributed by atoms with van der Waals surface area (Å²) in [6.45, 7) is -0.224. The fourth-order valence-corrected chi connectivity index (χ4v) is 4.55. The molecule has 1 aromatic carbocycles. The highest BCUT2D eigenvalue weighted by Gasteiger charge is 2.70. The van der Waals surface area contributed by atoms with E-state index in [1.165, 1.54) is 0 Å². The number of likely N-dealkylation sites (N-methyl/N-ethyl adjacent to an activating group) is 1. The Kier molecular flexibility index (Phi) is 5.36. The first kappa shape index (κ1) is 19.5. The zero-order chi connectivity index (χ0) is 19.8. The second-order valence-electron chi connectivity index (χ2n) is 7.73. The van der Waals surface area contributed by atoms with Gasteiger partial charge in [-0.3, -0.25) is 4.79 Å². The molecule has 1 unspecified atom stereocenters. The summed E-state index contributed by atoms with van der Waals surface area (Å²) in [4.78, 5) is 20.8. The molecule has 0 amide bonds. The zero-order valence-corrected chi connectivity index (χ0v) is 15.3. The van der Waals surface area contributed by atoms with Crippen LogP contribution in [0.5, 0.6) is 0 Å². The van der Waals surface area contributed by atoms with Gasteiger partial charge in [-0.05, 0) is 5.56 Å². The number of rotatable bonds is 4. The van der Waals surface area contributed by atoms with Crippen molar-refractivity contribution in [3.63, 3.8) is 0 Å². The van der Waals surface area contributed by atoms with Crippen LogP contribution in [0.1, 0.15) is 24.3 Å². The molecule has 0 saturated carbocycles. The average Bonchev–Trinajstić information content (AvgIpc) is 3.34. The van der Waals surface area contributed by atoms with Crippen molar-refractivity contribution in [2.45, 2.75) is 49.2 Å². The highest BCUT2D eigenvalue weighted by Crippen LogP contribution is 2.51. The summed E-state index contributed by atoms with van der Waals surface area (Å²) < 4.78 is 12.5. The predicted octanol–water partition coefficient (Wildman–Crippen LogP) is 0.824. The minimum absolute atomic E-state index is 0.0576. The van der Waals surface area contributed by atoms with Crippen molar-refractivity contribution in [1.29, 1.82) is 0 Å². The number of carbonyl (C=O) groups is 1. The third-order valence-electron chi connectivity index (χ3n) is 5.99. The van der Waals surface area contributed by atoms with Crippen molar-refractivity contribution >= 4 is 5.97 Å². The number of epoxide rings is 1. The van der Waals surface area contributed by atoms with Crippen LogP contribution in [0.2, 0.25) is 0 Å². The molecule has 3 aliphatic rings. The van der Waals surface area contributed by atoms with Crippen LogP contribution >= 0.6 is 0 Å². The lowest BCUT2D eigenvalue weighted by atomic mass is 9.95. The van der Waals surface area contributed by atoms with Crippen LogP contribution in [-0.2, 0) is 14.3 Å². The number of quaternary nitrogens is 1. The van der Waals surface area contributed by atoms with Gasteiger partial charge in [0.25, 0.3) is 0 Å². The van der Waals surface area contributed by atoms with Gasteiger partial charge < -0.3 is 34.4 Å². The molecule has 1 N–H and O–H groups in total. The average molecular weight is 380 g/mol. The second kappa shape index (κ2) is 7.41. The highest BCUT2D eigenvalue weighted by molar-refractivity contribution is 5.78. The molecule has 3 heterocycles. The molecule has 9 nitrogen and oxygen atoms in total. The number of morpholine rings is 1. The number of fused-ring (bicyclic) bond motifs is 5. The number of nitrogens with zero attached hydrogens (tertiary/aromatic N) is 2. The Labute approximate surface area is 156 Å². The van der Waals surface area contributed by atoms with Crippen LogP contribution in [0.25, 0.3) is 0 Å². The molecule has 9 heteroatoms. The predicted molar refractivity (Wildman–Crippen MR) is 94.1 cm³/mol. The summed E-state index contributed by atoms with van der Waals surface area (Å²) >= 11 is 0. The highest BCUT2D eigenvalue weighted by atomic mass is 16.9. The van der Waals surface area contributed by atoms with E-state index in [-0.39, 0.29) is 18.7 Å². The fraction of sp³-hybridized carbons (Fsp3) is 0.611. The molecule has 1 aromatic rings. The molecule has 3 saturated heterocycles. The minimum atomic E-state index is -1.75. The molecule has 3 aliphatic heterocycles. The molecule has 0 aromatic heterocycles. The van der Waals surface area contributed by atoms with Gasteiger partial charge in [0.05, 0.1) is 25.8 Å². The van der Waals surface area contributed by atoms with Crippen LogP contribution in [0.4, 0.5) is 0 Å². The Morgan fingerprint density at radius 3 is 2.26 bits per heavy atom. The summed E-state index contributed by atoms with van der Waals surface area (Å²) in [5.41, 5.74) is 0.807. The molecule has 0 spiro atoms. The smallest absolute Gasteiger partial charge is 0.316 e. The van der Waals surface area contributed by atoms with Gasteiger partial charge in [0.2, 0.25) is 0 Å². The summed E-state index contributed by atoms with van der Waals surface area (Å²) in [6.07, 6.45) is 2.34. The zero-order valence-electron chi connectivity index (χ0n) is 15.3. The van der Waals surface area contributed by atoms with Crippen molar-refractivity contribution in [2.75, 3.05) is 20.7 Å². The standard InChI is InChI=1S/C18H24NO4.NO3/c1-19(2)14-8-12(9-15(19)17-16(14)23-17)22-18(21)13(10-20)11-6-4-3-5-7-11;2-1(3)4/h3-7,12-17,20H,8-10H2,1-2H3;/q+1;-1/t12?,13-,14-,15+,16+,17-;/m1./s1. The van der Waals surface area contributed by atoms with E-state index in [9.17, 15) is 9.90 Å². The van der Waals surface area contributed by atoms with E-state index in [1.54, 1.807) is 0 Å². The fourth-order valence-electron chi connectivity index (χ4n) is 4.55. The van der Waals surface area contributed by atoms with E-state index in [2.05, 4.69) is 14.1 Å². The van der Waals surface area contributed by atoms with E-state index >= 15 is 0 Å². The van der Waals surface area contributed by atoms with Crippen LogP contribution in [0.3, 0.4) is 0 Å². The molecule has 0 radical (unpaired) electrons. The second-order valence-corrected chi connectivity index (χ2v) is 7.73. The minimum Gasteiger partial charge on any atom is -0.461 e. The van der Waals surface area contributed by atoms with Crippen molar-refractivity contribution in [3.8, 4) is 0 Å². The van der Waals surface area contributed by atoms with Crippen LogP contribution in [0, 0.1) is 15.3 Å². The van der Waals surface area contributed by atoms with Gasteiger partial charge in [0, 0.05) is 12.8 Å². The quantitative estimate of drug-likeness (QED) is 0.269. The lowest BCUT2D eigenvalue weighted by molar-refractivity contribution is -0.938. The number of hydrogen-bond donors (Lipinski definition) is 1. The molecule has 148 valence electrons. The van der Waals surface area contributed by atoms with Crippen molar-refractivity contribution in [2.24, 2.45) is 0 Å². The van der Waals surface area contributed by atoms with Crippen LogP contribution in [0.15, 0.2) is 30.3 Å². The Hall–Kier alpha value is -2.23. The Bertz CT molecular complexity index is 672. The first-order chi connectivity index (χ1) is 12.8. The van der Waals surface area contributed by atoms with E-state index in [0.717, 1.165) is 22.9 Å². The lowest BCUT2D eigenvalue weighted by Crippen LogP contribution is -2.60. The largest absolute Gasteiger partial charge is 0.461 e. The number of ether oxygens (including phenoxy) is 2. The first-order valence-electron chi connectivity index (χ1n) is 8.92. The maximum absolute atomic E-state index is 12.5. The van der Waals surface area contributed by atoms with Gasteiger partial charge in [-0.25, -0.2) is 0 Å². The van der Waals surface area contributed by atoms with E-state index < -0.39 is 11.0 Å². The van der Waals surface area contributed by atoms with Crippen molar-refractivity contribution in [3.05, 3.63) is 51.2 Å². The van der Waals surface area contributed by atoms with Crippen molar-refractivity contribution in [1.82, 2.24) is 0 Å². The Morgan fingerprint density at radius 1 is 1.26 bits per heavy atom. The van der Waals surface area contributed by atoms with E-state index in [4.69, 9.17) is 24.8 Å². The number of piperidine rings is 1. The van der Waals surface area contributed by atoms with Gasteiger partial charge in [0.1, 0.15) is 36.3 Å². The van der Waals surface area contributed by atoms with Gasteiger partial charge in [0.15, 0.2) is 0 Å². The normalized spacial score (nSPS) is 33.1. The Balaban J connectivity index is 0.000000481. The summed E-state index contributed by atoms with van der Waals surface area (Å²) in [5.74, 6) is -0.908. The number of esters is 1. The van der Waals surface area contributed by atoms with E-state index in [1.807, 2.05) is 30.3 Å². The van der Waals surface area contributed by atoms with Gasteiger partial charge in [-0.1, -0.05) is 30.3 Å². The SMILES string of the molecule is C[N+]1(C)[C@@H]2CC(OC(=O)[C@H](CO)c3ccccc3)C[C@H]1[C@H]1O[C@H]12.O=[N+]([O-])[O-]. The maximum Gasteiger partial charge on any atom is 0.316 e. The molecular weight excluding hydrogens is 356 g/mol. The van der Waals surface area contributed by atoms with E-state index in [0.29, 0.717) is 24.3 Å². The molecule has 27 heavy (non-hydrogen) atoms. The number of aliphatic hydroxyl groups excluding tert-OH is 1. The molecule has 2 bridgehead atoms. The summed E-state index contributed by atoms with van der Waals surface area (Å²) in [7, 11) is 4.51. The van der Waals surface area contributed by atoms with Crippen LogP contribution < -0.4 is 0 Å². The molecule has 3 fully saturated rings. The first-order valence-corrected chi connectivity index (χ1v) is 8.92. The number of aliphatic hydroxyl groups is 1. The van der Waals surface area contributed by atoms with Gasteiger partial charge >= 0.3 is 5.97 Å². The van der Waals surface area contributed by atoms with Gasteiger partial charge in [-0.15, -0.1) is 0 Å².